The van der Waals surface area contributed by atoms with Crippen LogP contribution in [0.4, 0.5) is 11.4 Å². The van der Waals surface area contributed by atoms with E-state index in [1.54, 1.807) is 18.2 Å². The Morgan fingerprint density at radius 2 is 2.00 bits per heavy atom. The molecule has 0 radical (unpaired) electrons. The van der Waals surface area contributed by atoms with E-state index >= 15 is 0 Å². The summed E-state index contributed by atoms with van der Waals surface area (Å²) >= 11 is 0. The van der Waals surface area contributed by atoms with Crippen molar-refractivity contribution in [2.75, 3.05) is 17.2 Å². The van der Waals surface area contributed by atoms with Crippen molar-refractivity contribution in [1.29, 1.82) is 0 Å². The number of nitrogens with one attached hydrogen (secondary N) is 2. The van der Waals surface area contributed by atoms with Gasteiger partial charge < -0.3 is 15.7 Å². The maximum absolute atomic E-state index is 10.8. The Morgan fingerprint density at radius 3 is 2.62 bits per heavy atom. The fourth-order valence-electron chi connectivity index (χ4n) is 1.22. The molecule has 0 aliphatic heterocycles. The molecule has 0 aromatic heterocycles. The van der Waals surface area contributed by atoms with E-state index in [4.69, 9.17) is 5.11 Å². The van der Waals surface area contributed by atoms with E-state index in [-0.39, 0.29) is 12.3 Å². The normalized spacial score (nSPS) is 9.56. The van der Waals surface area contributed by atoms with E-state index in [1.807, 2.05) is 6.07 Å². The SMILES string of the molecule is CC(=O)Nc1cccc(NCCC(=O)O)c1. The molecule has 0 saturated carbocycles. The highest BCUT2D eigenvalue weighted by Crippen LogP contribution is 2.14. The largest absolute Gasteiger partial charge is 0.481 e. The van der Waals surface area contributed by atoms with Crippen molar-refractivity contribution in [1.82, 2.24) is 0 Å². The fraction of sp³-hybridized carbons (Fsp3) is 0.273. The van der Waals surface area contributed by atoms with Gasteiger partial charge in [-0.15, -0.1) is 0 Å². The molecule has 0 heterocycles. The van der Waals surface area contributed by atoms with E-state index in [2.05, 4.69) is 10.6 Å². The van der Waals surface area contributed by atoms with Gasteiger partial charge in [0.05, 0.1) is 6.42 Å². The Labute approximate surface area is 93.5 Å². The summed E-state index contributed by atoms with van der Waals surface area (Å²) in [6.07, 6.45) is 0.0599. The van der Waals surface area contributed by atoms with Gasteiger partial charge in [0.1, 0.15) is 0 Å². The molecule has 0 bridgehead atoms. The summed E-state index contributed by atoms with van der Waals surface area (Å²) in [4.78, 5) is 21.1. The third-order valence-corrected chi connectivity index (χ3v) is 1.85. The lowest BCUT2D eigenvalue weighted by Gasteiger charge is -2.07. The highest BCUT2D eigenvalue weighted by molar-refractivity contribution is 5.89. The highest BCUT2D eigenvalue weighted by atomic mass is 16.4. The van der Waals surface area contributed by atoms with E-state index in [0.29, 0.717) is 12.2 Å². The van der Waals surface area contributed by atoms with Crippen molar-refractivity contribution < 1.29 is 14.7 Å². The van der Waals surface area contributed by atoms with Gasteiger partial charge in [0, 0.05) is 24.8 Å². The molecule has 1 amide bonds. The number of hydrogen-bond donors (Lipinski definition) is 3. The fourth-order valence-corrected chi connectivity index (χ4v) is 1.22. The van der Waals surface area contributed by atoms with Crippen LogP contribution in [-0.4, -0.2) is 23.5 Å². The van der Waals surface area contributed by atoms with E-state index in [1.165, 1.54) is 6.92 Å². The molecule has 0 spiro atoms. The summed E-state index contributed by atoms with van der Waals surface area (Å²) in [7, 11) is 0. The molecule has 1 aromatic carbocycles. The summed E-state index contributed by atoms with van der Waals surface area (Å²) in [5.74, 6) is -0.979. The molecule has 0 aliphatic carbocycles. The predicted octanol–water partition coefficient (Wildman–Crippen LogP) is 1.53. The van der Waals surface area contributed by atoms with Gasteiger partial charge in [-0.25, -0.2) is 0 Å². The molecule has 0 saturated heterocycles. The van der Waals surface area contributed by atoms with Crippen LogP contribution in [0, 0.1) is 0 Å². The van der Waals surface area contributed by atoms with Crippen LogP contribution in [0.15, 0.2) is 24.3 Å². The number of hydrogen-bond acceptors (Lipinski definition) is 3. The number of carbonyl (C=O) groups excluding carboxylic acids is 1. The maximum atomic E-state index is 10.8. The maximum Gasteiger partial charge on any atom is 0.305 e. The Bertz CT molecular complexity index is 391. The van der Waals surface area contributed by atoms with Crippen LogP contribution in [0.25, 0.3) is 0 Å². The summed E-state index contributed by atoms with van der Waals surface area (Å²) < 4.78 is 0. The average Bonchev–Trinajstić information content (AvgIpc) is 2.16. The number of anilines is 2. The van der Waals surface area contributed by atoms with Crippen molar-refractivity contribution in [2.24, 2.45) is 0 Å². The summed E-state index contributed by atoms with van der Waals surface area (Å²) in [5.41, 5.74) is 1.47. The van der Waals surface area contributed by atoms with Crippen molar-refractivity contribution >= 4 is 23.3 Å². The first-order valence-corrected chi connectivity index (χ1v) is 4.91. The third kappa shape index (κ3) is 4.45. The molecule has 0 aliphatic rings. The van der Waals surface area contributed by atoms with Gasteiger partial charge >= 0.3 is 5.97 Å². The number of amides is 1. The molecule has 1 rings (SSSR count). The highest BCUT2D eigenvalue weighted by Gasteiger charge is 1.99. The lowest BCUT2D eigenvalue weighted by Crippen LogP contribution is -2.09. The van der Waals surface area contributed by atoms with Crippen molar-refractivity contribution in [3.8, 4) is 0 Å². The summed E-state index contributed by atoms with van der Waals surface area (Å²) in [6, 6.07) is 7.12. The van der Waals surface area contributed by atoms with Gasteiger partial charge in [-0.2, -0.15) is 0 Å². The minimum absolute atomic E-state index is 0.0599. The lowest BCUT2D eigenvalue weighted by molar-refractivity contribution is -0.136. The van der Waals surface area contributed by atoms with Crippen LogP contribution in [0.5, 0.6) is 0 Å². The zero-order chi connectivity index (χ0) is 12.0. The number of rotatable bonds is 5. The van der Waals surface area contributed by atoms with Crippen molar-refractivity contribution in [3.63, 3.8) is 0 Å². The average molecular weight is 222 g/mol. The summed E-state index contributed by atoms with van der Waals surface area (Å²) in [5, 5.41) is 14.1. The third-order valence-electron chi connectivity index (χ3n) is 1.85. The van der Waals surface area contributed by atoms with Crippen LogP contribution in [0.3, 0.4) is 0 Å². The number of aliphatic carboxylic acids is 1. The lowest BCUT2D eigenvalue weighted by atomic mass is 10.2. The molecular weight excluding hydrogens is 208 g/mol. The second-order valence-electron chi connectivity index (χ2n) is 3.33. The molecule has 1 aromatic rings. The van der Waals surface area contributed by atoms with Gasteiger partial charge in [-0.1, -0.05) is 6.07 Å². The molecule has 0 fully saturated rings. The zero-order valence-corrected chi connectivity index (χ0v) is 8.99. The molecule has 86 valence electrons. The van der Waals surface area contributed by atoms with Crippen LogP contribution < -0.4 is 10.6 Å². The van der Waals surface area contributed by atoms with Gasteiger partial charge in [0.2, 0.25) is 5.91 Å². The van der Waals surface area contributed by atoms with Crippen LogP contribution in [-0.2, 0) is 9.59 Å². The molecule has 3 N–H and O–H groups in total. The van der Waals surface area contributed by atoms with Crippen molar-refractivity contribution in [2.45, 2.75) is 13.3 Å². The molecule has 5 nitrogen and oxygen atoms in total. The quantitative estimate of drug-likeness (QED) is 0.706. The minimum atomic E-state index is -0.842. The minimum Gasteiger partial charge on any atom is -0.481 e. The van der Waals surface area contributed by atoms with E-state index < -0.39 is 5.97 Å². The first-order valence-electron chi connectivity index (χ1n) is 4.91. The smallest absolute Gasteiger partial charge is 0.305 e. The second kappa shape index (κ2) is 5.75. The second-order valence-corrected chi connectivity index (χ2v) is 3.33. The van der Waals surface area contributed by atoms with Crippen LogP contribution in [0.1, 0.15) is 13.3 Å². The Balaban J connectivity index is 2.53. The number of benzene rings is 1. The van der Waals surface area contributed by atoms with Crippen molar-refractivity contribution in [3.05, 3.63) is 24.3 Å². The Kier molecular flexibility index (Phi) is 4.32. The van der Waals surface area contributed by atoms with Gasteiger partial charge in [0.15, 0.2) is 0 Å². The molecule has 16 heavy (non-hydrogen) atoms. The van der Waals surface area contributed by atoms with Gasteiger partial charge in [0.25, 0.3) is 0 Å². The monoisotopic (exact) mass is 222 g/mol. The zero-order valence-electron chi connectivity index (χ0n) is 8.99. The van der Waals surface area contributed by atoms with Gasteiger partial charge in [-0.3, -0.25) is 9.59 Å². The molecule has 0 unspecified atom stereocenters. The van der Waals surface area contributed by atoms with Crippen LogP contribution in [0.2, 0.25) is 0 Å². The Hall–Kier alpha value is -2.04. The number of carboxylic acid groups (broad SMARTS) is 1. The Morgan fingerprint density at radius 1 is 1.31 bits per heavy atom. The molecular formula is C11H14N2O3. The number of carbonyl (C=O) groups is 2. The topological polar surface area (TPSA) is 78.4 Å². The molecule has 5 heteroatoms. The number of carboxylic acids is 1. The summed E-state index contributed by atoms with van der Waals surface area (Å²) in [6.45, 7) is 1.80. The standard InChI is InChI=1S/C11H14N2O3/c1-8(14)13-10-4-2-3-9(7-10)12-6-5-11(15)16/h2-4,7,12H,5-6H2,1H3,(H,13,14)(H,15,16). The van der Waals surface area contributed by atoms with Gasteiger partial charge in [-0.05, 0) is 18.2 Å². The first kappa shape index (κ1) is 12.0. The van der Waals surface area contributed by atoms with E-state index in [9.17, 15) is 9.59 Å². The van der Waals surface area contributed by atoms with E-state index in [0.717, 1.165) is 5.69 Å². The van der Waals surface area contributed by atoms with Crippen LogP contribution >= 0.6 is 0 Å². The molecule has 0 atom stereocenters. The predicted molar refractivity (Wildman–Crippen MR) is 61.5 cm³/mol. The first-order chi connectivity index (χ1) is 7.58.